The fraction of sp³-hybridized carbons (Fsp3) is 0.370. The minimum Gasteiger partial charge on any atom is -0.624 e. The van der Waals surface area contributed by atoms with E-state index >= 15 is 0 Å². The highest BCUT2D eigenvalue weighted by molar-refractivity contribution is 5.78. The van der Waals surface area contributed by atoms with E-state index in [0.717, 1.165) is 56.1 Å². The van der Waals surface area contributed by atoms with Crippen LogP contribution in [0.3, 0.4) is 0 Å². The Bertz CT molecular complexity index is 1200. The Hall–Kier alpha value is -3.62. The Labute approximate surface area is 208 Å². The number of hydrogen-bond acceptors (Lipinski definition) is 5. The quantitative estimate of drug-likeness (QED) is 0.181. The van der Waals surface area contributed by atoms with Crippen LogP contribution in [0.2, 0.25) is 0 Å². The van der Waals surface area contributed by atoms with Gasteiger partial charge in [-0.05, 0) is 67.5 Å². The molecular formula is C27H29F3N4O2. The van der Waals surface area contributed by atoms with Crippen LogP contribution < -0.4 is 9.64 Å². The zero-order chi connectivity index (χ0) is 25.7. The van der Waals surface area contributed by atoms with Crippen molar-refractivity contribution in [1.82, 2.24) is 9.97 Å². The van der Waals surface area contributed by atoms with Gasteiger partial charge in [0.2, 0.25) is 5.95 Å². The van der Waals surface area contributed by atoms with E-state index in [1.165, 1.54) is 18.3 Å². The topological polar surface area (TPSA) is 64.3 Å². The van der Waals surface area contributed by atoms with Crippen LogP contribution >= 0.6 is 0 Å². The second-order valence-corrected chi connectivity index (χ2v) is 8.86. The van der Waals surface area contributed by atoms with Crippen LogP contribution in [0.25, 0.3) is 11.1 Å². The van der Waals surface area contributed by atoms with Crippen LogP contribution in [-0.2, 0) is 6.42 Å². The van der Waals surface area contributed by atoms with E-state index < -0.39 is 23.2 Å². The third-order valence-electron chi connectivity index (χ3n) is 6.37. The SMILES string of the molecule is CCc1cnc(N2CCC(COc3c(F)cc(-c4ccc(/C=[N+](\[O-])CC)cc4F)cc3F)CC2)nc1. The number of hydrogen-bond donors (Lipinski definition) is 0. The molecule has 6 nitrogen and oxygen atoms in total. The summed E-state index contributed by atoms with van der Waals surface area (Å²) in [5.41, 5.74) is 1.53. The van der Waals surface area contributed by atoms with Gasteiger partial charge in [-0.2, -0.15) is 0 Å². The van der Waals surface area contributed by atoms with Crippen molar-refractivity contribution in [1.29, 1.82) is 0 Å². The first-order valence-electron chi connectivity index (χ1n) is 12.1. The first-order valence-corrected chi connectivity index (χ1v) is 12.1. The van der Waals surface area contributed by atoms with Gasteiger partial charge in [0.1, 0.15) is 5.82 Å². The molecule has 190 valence electrons. The summed E-state index contributed by atoms with van der Waals surface area (Å²) in [6.45, 7) is 5.60. The highest BCUT2D eigenvalue weighted by Gasteiger charge is 2.23. The highest BCUT2D eigenvalue weighted by atomic mass is 19.1. The Morgan fingerprint density at radius 2 is 1.69 bits per heavy atom. The van der Waals surface area contributed by atoms with Crippen molar-refractivity contribution in [2.24, 2.45) is 5.92 Å². The fourth-order valence-electron chi connectivity index (χ4n) is 4.15. The first kappa shape index (κ1) is 25.5. The van der Waals surface area contributed by atoms with Crippen molar-refractivity contribution in [2.75, 3.05) is 31.1 Å². The molecule has 0 unspecified atom stereocenters. The molecule has 0 bridgehead atoms. The molecule has 2 aromatic carbocycles. The van der Waals surface area contributed by atoms with Crippen molar-refractivity contribution >= 4 is 12.2 Å². The monoisotopic (exact) mass is 498 g/mol. The van der Waals surface area contributed by atoms with Crippen LogP contribution in [0.4, 0.5) is 19.1 Å². The number of halogens is 3. The predicted molar refractivity (Wildman–Crippen MR) is 133 cm³/mol. The Kier molecular flexibility index (Phi) is 8.07. The number of rotatable bonds is 8. The summed E-state index contributed by atoms with van der Waals surface area (Å²) in [5.74, 6) is -2.10. The van der Waals surface area contributed by atoms with Crippen molar-refractivity contribution in [2.45, 2.75) is 33.1 Å². The molecule has 2 heterocycles. The lowest BCUT2D eigenvalue weighted by atomic mass is 9.98. The fourth-order valence-corrected chi connectivity index (χ4v) is 4.15. The number of ether oxygens (including phenoxy) is 1. The van der Waals surface area contributed by atoms with Gasteiger partial charge >= 0.3 is 0 Å². The normalized spacial score (nSPS) is 14.8. The maximum atomic E-state index is 14.8. The van der Waals surface area contributed by atoms with E-state index in [0.29, 0.717) is 16.3 Å². The van der Waals surface area contributed by atoms with Crippen LogP contribution in [0.15, 0.2) is 42.7 Å². The Balaban J connectivity index is 1.38. The van der Waals surface area contributed by atoms with Gasteiger partial charge in [-0.1, -0.05) is 13.0 Å². The molecule has 1 aliphatic heterocycles. The van der Waals surface area contributed by atoms with Gasteiger partial charge in [0, 0.05) is 36.6 Å². The maximum Gasteiger partial charge on any atom is 0.225 e. The van der Waals surface area contributed by atoms with Crippen LogP contribution in [0.1, 0.15) is 37.8 Å². The van der Waals surface area contributed by atoms with Crippen molar-refractivity contribution in [3.05, 3.63) is 76.5 Å². The van der Waals surface area contributed by atoms with Gasteiger partial charge < -0.3 is 14.8 Å². The molecule has 0 radical (unpaired) electrons. The first-order chi connectivity index (χ1) is 17.4. The molecule has 9 heteroatoms. The third kappa shape index (κ3) is 5.95. The van der Waals surface area contributed by atoms with Gasteiger partial charge in [0.25, 0.3) is 0 Å². The summed E-state index contributed by atoms with van der Waals surface area (Å²) < 4.78 is 50.3. The lowest BCUT2D eigenvalue weighted by Gasteiger charge is -2.31. The number of piperidine rings is 1. The van der Waals surface area contributed by atoms with Gasteiger partial charge in [-0.15, -0.1) is 0 Å². The number of hydroxylamine groups is 1. The summed E-state index contributed by atoms with van der Waals surface area (Å²) in [4.78, 5) is 10.9. The lowest BCUT2D eigenvalue weighted by Crippen LogP contribution is -2.36. The molecule has 0 saturated carbocycles. The number of aromatic nitrogens is 2. The molecule has 1 aromatic heterocycles. The molecule has 4 rings (SSSR count). The molecule has 1 saturated heterocycles. The number of benzene rings is 2. The van der Waals surface area contributed by atoms with Crippen molar-refractivity contribution in [3.63, 3.8) is 0 Å². The Morgan fingerprint density at radius 1 is 1.03 bits per heavy atom. The zero-order valence-electron chi connectivity index (χ0n) is 20.4. The average Bonchev–Trinajstić information content (AvgIpc) is 2.88. The molecular weight excluding hydrogens is 469 g/mol. The zero-order valence-corrected chi connectivity index (χ0v) is 20.4. The van der Waals surface area contributed by atoms with Crippen LogP contribution in [-0.4, -0.2) is 47.2 Å². The van der Waals surface area contributed by atoms with Gasteiger partial charge in [-0.3, -0.25) is 0 Å². The molecule has 0 atom stereocenters. The van der Waals surface area contributed by atoms with E-state index in [-0.39, 0.29) is 30.2 Å². The summed E-state index contributed by atoms with van der Waals surface area (Å²) in [5, 5.41) is 11.5. The number of nitrogens with zero attached hydrogens (tertiary/aromatic N) is 4. The van der Waals surface area contributed by atoms with E-state index in [1.54, 1.807) is 6.92 Å². The summed E-state index contributed by atoms with van der Waals surface area (Å²) >= 11 is 0. The van der Waals surface area contributed by atoms with E-state index in [1.807, 2.05) is 12.4 Å². The van der Waals surface area contributed by atoms with E-state index in [9.17, 15) is 18.4 Å². The van der Waals surface area contributed by atoms with Gasteiger partial charge in [-0.25, -0.2) is 27.9 Å². The highest BCUT2D eigenvalue weighted by Crippen LogP contribution is 2.31. The van der Waals surface area contributed by atoms with E-state index in [2.05, 4.69) is 21.8 Å². The van der Waals surface area contributed by atoms with Crippen molar-refractivity contribution < 1.29 is 22.6 Å². The minimum atomic E-state index is -0.890. The second-order valence-electron chi connectivity index (χ2n) is 8.86. The number of aryl methyl sites for hydroxylation is 1. The summed E-state index contributed by atoms with van der Waals surface area (Å²) in [6.07, 6.45) is 7.37. The summed E-state index contributed by atoms with van der Waals surface area (Å²) in [6, 6.07) is 6.20. The smallest absolute Gasteiger partial charge is 0.225 e. The molecule has 36 heavy (non-hydrogen) atoms. The molecule has 0 N–H and O–H groups in total. The third-order valence-corrected chi connectivity index (χ3v) is 6.37. The largest absolute Gasteiger partial charge is 0.624 e. The molecule has 0 amide bonds. The lowest BCUT2D eigenvalue weighted by molar-refractivity contribution is -0.447. The van der Waals surface area contributed by atoms with Gasteiger partial charge in [0.05, 0.1) is 6.61 Å². The number of anilines is 1. The molecule has 1 aliphatic rings. The predicted octanol–water partition coefficient (Wildman–Crippen LogP) is 5.37. The molecule has 0 aliphatic carbocycles. The minimum absolute atomic E-state index is 0.0343. The molecule has 1 fully saturated rings. The Morgan fingerprint density at radius 3 is 2.28 bits per heavy atom. The standard InChI is InChI=1S/C27H29F3N4O2/c1-3-18-14-31-27(32-15-18)33-9-7-19(8-10-33)17-36-26-24(29)12-21(13-25(26)30)22-6-5-20(11-23(22)28)16-34(35)4-2/h5-6,11-16,19H,3-4,7-10,17H2,1-2H3/b34-16-. The van der Waals surface area contributed by atoms with Crippen LogP contribution in [0.5, 0.6) is 5.75 Å². The molecule has 0 spiro atoms. The van der Waals surface area contributed by atoms with E-state index in [4.69, 9.17) is 4.74 Å². The van der Waals surface area contributed by atoms with Crippen LogP contribution in [0, 0.1) is 28.6 Å². The molecule has 3 aromatic rings. The summed E-state index contributed by atoms with van der Waals surface area (Å²) in [7, 11) is 0. The second kappa shape index (κ2) is 11.4. The van der Waals surface area contributed by atoms with Gasteiger partial charge in [0.15, 0.2) is 30.1 Å². The van der Waals surface area contributed by atoms with Crippen molar-refractivity contribution in [3.8, 4) is 16.9 Å². The average molecular weight is 499 g/mol. The maximum absolute atomic E-state index is 14.8.